The predicted molar refractivity (Wildman–Crippen MR) is 299 cm³/mol. The van der Waals surface area contributed by atoms with Crippen molar-refractivity contribution in [3.63, 3.8) is 0 Å². The fourth-order valence-corrected chi connectivity index (χ4v) is 12.5. The van der Waals surface area contributed by atoms with Gasteiger partial charge >= 0.3 is 135 Å². The maximum absolute atomic E-state index is 13.9. The van der Waals surface area contributed by atoms with Crippen LogP contribution in [0.3, 0.4) is 0 Å². The molecule has 0 aliphatic carbocycles. The summed E-state index contributed by atoms with van der Waals surface area (Å²) in [6, 6.07) is 70.6. The van der Waals surface area contributed by atoms with Gasteiger partial charge in [-0.25, -0.2) is 9.37 Å². The average Bonchev–Trinajstić information content (AvgIpc) is 4.01. The van der Waals surface area contributed by atoms with Crippen molar-refractivity contribution in [3.8, 4) is 61.8 Å². The third kappa shape index (κ3) is 9.85. The molecule has 1 radical (unpaired) electrons. The van der Waals surface area contributed by atoms with E-state index in [2.05, 4.69) is 130 Å². The van der Waals surface area contributed by atoms with Crippen LogP contribution in [-0.2, 0) is 26.5 Å². The Labute approximate surface area is 445 Å². The van der Waals surface area contributed by atoms with Crippen LogP contribution in [-0.4, -0.2) is 32.8 Å². The van der Waals surface area contributed by atoms with Gasteiger partial charge in [0, 0.05) is 47.6 Å². The van der Waals surface area contributed by atoms with Crippen molar-refractivity contribution in [1.29, 1.82) is 0 Å². The average molecular weight is 1190 g/mol. The summed E-state index contributed by atoms with van der Waals surface area (Å²) in [6.07, 6.45) is 0.502. The number of rotatable bonds is 8. The summed E-state index contributed by atoms with van der Waals surface area (Å²) in [5, 5.41) is 3.81. The molecule has 0 saturated carbocycles. The molecule has 12 rings (SSSR count). The van der Waals surface area contributed by atoms with E-state index in [1.165, 1.54) is 12.1 Å². The van der Waals surface area contributed by atoms with E-state index in [1.54, 1.807) is 12.1 Å². The van der Waals surface area contributed by atoms with E-state index < -0.39 is 25.1 Å². The van der Waals surface area contributed by atoms with Gasteiger partial charge in [-0.15, -0.1) is 18.2 Å². The van der Waals surface area contributed by atoms with Crippen LogP contribution in [0.2, 0.25) is 17.3 Å². The van der Waals surface area contributed by atoms with Gasteiger partial charge in [-0.3, -0.25) is 4.98 Å². The molecular weight excluding hydrogens is 1140 g/mol. The summed E-state index contributed by atoms with van der Waals surface area (Å²) >= 11 is -2.24. The van der Waals surface area contributed by atoms with Gasteiger partial charge in [-0.1, -0.05) is 126 Å². The van der Waals surface area contributed by atoms with E-state index in [4.69, 9.17) is 17.1 Å². The van der Waals surface area contributed by atoms with Gasteiger partial charge in [-0.05, 0) is 52.9 Å². The van der Waals surface area contributed by atoms with Gasteiger partial charge in [0.25, 0.3) is 0 Å². The fraction of sp³-hybridized carbons (Fsp3) is 0.123. The van der Waals surface area contributed by atoms with E-state index in [-0.39, 0.29) is 25.9 Å². The molecule has 8 heteroatoms. The van der Waals surface area contributed by atoms with Gasteiger partial charge in [0.05, 0.1) is 33.8 Å². The molecule has 0 spiro atoms. The van der Waals surface area contributed by atoms with Gasteiger partial charge in [0.2, 0.25) is 5.71 Å². The first-order valence-electron chi connectivity index (χ1n) is 25.3. The largest absolute Gasteiger partial charge is 0 e. The molecule has 0 bridgehead atoms. The molecule has 0 aliphatic rings. The van der Waals surface area contributed by atoms with E-state index in [1.807, 2.05) is 106 Å². The Hall–Kier alpha value is -7.29. The predicted octanol–water partition coefficient (Wildman–Crippen LogP) is 16.8. The van der Waals surface area contributed by atoms with Crippen molar-refractivity contribution in [3.05, 3.63) is 224 Å². The molecule has 8 aromatic carbocycles. The zero-order chi connectivity index (χ0) is 51.4. The fourth-order valence-electron chi connectivity index (χ4n) is 9.62. The zero-order valence-electron chi connectivity index (χ0n) is 43.5. The van der Waals surface area contributed by atoms with Crippen molar-refractivity contribution < 1.29 is 31.7 Å². The Morgan fingerprint density at radius 3 is 1.95 bits per heavy atom. The molecule has 4 aromatic heterocycles. The van der Waals surface area contributed by atoms with Crippen LogP contribution in [0.5, 0.6) is 0 Å². The van der Waals surface area contributed by atoms with Crippen LogP contribution in [0.4, 0.5) is 4.39 Å². The minimum Gasteiger partial charge on any atom is 0 e. The number of imidazole rings is 1. The van der Waals surface area contributed by atoms with Crippen LogP contribution in [0, 0.1) is 23.4 Å². The van der Waals surface area contributed by atoms with Crippen LogP contribution >= 0.6 is 0 Å². The second kappa shape index (κ2) is 20.3. The second-order valence-electron chi connectivity index (χ2n) is 20.1. The number of hydrogen-bond acceptors (Lipinski definition) is 4. The maximum atomic E-state index is 13.9. The number of hydrogen-bond donors (Lipinski definition) is 0. The Kier molecular flexibility index (Phi) is 13.0. The first-order chi connectivity index (χ1) is 35.7. The molecule has 0 amide bonds. The third-order valence-electron chi connectivity index (χ3n) is 12.8. The minimum atomic E-state index is -2.24. The van der Waals surface area contributed by atoms with Crippen molar-refractivity contribution >= 4 is 61.5 Å². The summed E-state index contributed by atoms with van der Waals surface area (Å²) in [5.41, 5.74) is 12.7. The van der Waals surface area contributed by atoms with Gasteiger partial charge in [-0.2, -0.15) is 0 Å². The second-order valence-corrected chi connectivity index (χ2v) is 30.7. The van der Waals surface area contributed by atoms with Crippen molar-refractivity contribution in [2.45, 2.75) is 44.4 Å². The van der Waals surface area contributed by atoms with E-state index >= 15 is 0 Å². The van der Waals surface area contributed by atoms with Crippen LogP contribution in [0.1, 0.15) is 29.1 Å². The topological polar surface area (TPSA) is 56.7 Å². The van der Waals surface area contributed by atoms with Gasteiger partial charge < -0.3 is 8.98 Å². The van der Waals surface area contributed by atoms with Crippen molar-refractivity contribution in [2.24, 2.45) is 5.41 Å². The monoisotopic (exact) mass is 1190 g/mol. The van der Waals surface area contributed by atoms with E-state index in [0.717, 1.165) is 98.6 Å². The Morgan fingerprint density at radius 2 is 1.29 bits per heavy atom. The van der Waals surface area contributed by atoms with Crippen molar-refractivity contribution in [2.75, 3.05) is 0 Å². The number of halogens is 1. The molecular formula is C65H53FGeIrN4O-2. The molecule has 73 heavy (non-hydrogen) atoms. The standard InChI is InChI=1S/C46H27FN3O.C19H26GeN.Ir/c47-32-27-25-31(26-28-32)42-36-18-8-7-17-35(36)41-37-21-12-22-38(44(37)51-46(41)49-42)45-48-39-23-9-10-24-40(39)50(45)43-33(29-13-3-1-4-14-29)19-11-20-34(43)30-15-5-2-6-16-30;1-19(2,3)13-16-12-18(15-10-8-7-9-11-15)21-14-17(16)20(4,5)6;/h1-21,23-28H;7-10,12,14H,13H2,1-6H3;/q2*-1;/i;13D2;. The Balaban J connectivity index is 0.000000226. The summed E-state index contributed by atoms with van der Waals surface area (Å²) in [4.78, 5) is 15.0. The van der Waals surface area contributed by atoms with E-state index in [9.17, 15) is 4.39 Å². The first-order valence-corrected chi connectivity index (χ1v) is 31.6. The minimum absolute atomic E-state index is 0. The summed E-state index contributed by atoms with van der Waals surface area (Å²) in [5.74, 6) is 7.28. The number of nitrogens with zero attached hydrogens (tertiary/aromatic N) is 4. The number of para-hydroxylation sites is 3. The summed E-state index contributed by atoms with van der Waals surface area (Å²) in [7, 11) is 0. The molecule has 0 fully saturated rings. The molecule has 0 saturated heterocycles. The maximum Gasteiger partial charge on any atom is 0 e. The number of fused-ring (bicyclic) bond motifs is 6. The Morgan fingerprint density at radius 1 is 0.644 bits per heavy atom. The number of aromatic nitrogens is 4. The Bertz CT molecular complexity index is 3960. The molecule has 4 heterocycles. The van der Waals surface area contributed by atoms with Crippen LogP contribution in [0.25, 0.3) is 106 Å². The van der Waals surface area contributed by atoms with E-state index in [0.29, 0.717) is 17.1 Å². The zero-order valence-corrected chi connectivity index (χ0v) is 46.0. The normalized spacial score (nSPS) is 12.3. The molecule has 0 N–H and O–H groups in total. The molecule has 0 aliphatic heterocycles. The van der Waals surface area contributed by atoms with Crippen LogP contribution < -0.4 is 4.40 Å². The first kappa shape index (κ1) is 46.8. The number of pyridine rings is 2. The van der Waals surface area contributed by atoms with Crippen LogP contribution in [0.15, 0.2) is 205 Å². The number of benzene rings is 8. The molecule has 5 nitrogen and oxygen atoms in total. The summed E-state index contributed by atoms with van der Waals surface area (Å²) < 4.78 is 41.6. The summed E-state index contributed by atoms with van der Waals surface area (Å²) in [6.45, 7) is 5.88. The smallest absolute Gasteiger partial charge is 0 e. The molecule has 0 unspecified atom stereocenters. The molecule has 12 aromatic rings. The van der Waals surface area contributed by atoms with Gasteiger partial charge in [0.15, 0.2) is 0 Å². The van der Waals surface area contributed by atoms with Gasteiger partial charge in [0.1, 0.15) is 5.82 Å². The number of furan rings is 1. The SMILES string of the molecule is Fc1ccc(-c2nc3oc4c(-c5nc6ccccc6n5-c5c(-c6ccccc6)cccc5-c5ccccc5)[c-]ccc4c3c3ccccc23)cc1.[2H]C([2H])(c1cc(-c2[c-]cccc2)nc[c]1[Ge]([CH3])([CH3])[CH3])C(C)(C)C.[Ir]. The molecule has 0 atom stereocenters. The quantitative estimate of drug-likeness (QED) is 0.112. The van der Waals surface area contributed by atoms with Crippen molar-refractivity contribution in [1.82, 2.24) is 19.5 Å². The third-order valence-corrected chi connectivity index (χ3v) is 17.1. The molecule has 361 valence electrons.